The molecule has 5 nitrogen and oxygen atoms in total. The van der Waals surface area contributed by atoms with Crippen LogP contribution in [0.5, 0.6) is 11.5 Å². The van der Waals surface area contributed by atoms with E-state index >= 15 is 0 Å². The fraction of sp³-hybridized carbons (Fsp3) is 0.125. The zero-order valence-electron chi connectivity index (χ0n) is 11.8. The van der Waals surface area contributed by atoms with E-state index in [-0.39, 0.29) is 0 Å². The van der Waals surface area contributed by atoms with Crippen LogP contribution in [0.1, 0.15) is 5.56 Å². The molecule has 3 aromatic rings. The molecule has 0 aliphatic carbocycles. The molecule has 0 radical (unpaired) electrons. The van der Waals surface area contributed by atoms with Crippen LogP contribution in [0.2, 0.25) is 5.02 Å². The van der Waals surface area contributed by atoms with Crippen LogP contribution in [0.15, 0.2) is 53.3 Å². The summed E-state index contributed by atoms with van der Waals surface area (Å²) in [6.45, 7) is 0.365. The molecule has 2 aromatic carbocycles. The monoisotopic (exact) mass is 316 g/mol. The fourth-order valence-corrected chi connectivity index (χ4v) is 2.21. The number of hydrogen-bond donors (Lipinski definition) is 0. The number of benzene rings is 2. The highest BCUT2D eigenvalue weighted by atomic mass is 35.5. The molecule has 0 fully saturated rings. The summed E-state index contributed by atoms with van der Waals surface area (Å²) in [4.78, 5) is 0. The zero-order chi connectivity index (χ0) is 15.4. The number of methoxy groups -OCH3 is 1. The lowest BCUT2D eigenvalue weighted by Crippen LogP contribution is -1.98. The van der Waals surface area contributed by atoms with Gasteiger partial charge >= 0.3 is 0 Å². The molecule has 1 heterocycles. The van der Waals surface area contributed by atoms with Crippen LogP contribution in [-0.2, 0) is 6.61 Å². The van der Waals surface area contributed by atoms with Crippen molar-refractivity contribution in [2.24, 2.45) is 0 Å². The second-order valence-electron chi connectivity index (χ2n) is 4.51. The van der Waals surface area contributed by atoms with E-state index in [0.717, 1.165) is 22.6 Å². The number of halogens is 1. The zero-order valence-corrected chi connectivity index (χ0v) is 12.6. The molecule has 22 heavy (non-hydrogen) atoms. The van der Waals surface area contributed by atoms with Gasteiger partial charge in [-0.3, -0.25) is 0 Å². The number of ether oxygens (including phenoxy) is 2. The van der Waals surface area contributed by atoms with Crippen LogP contribution >= 0.6 is 11.6 Å². The highest BCUT2D eigenvalue weighted by Gasteiger charge is 2.06. The standard InChI is InChI=1S/C16H13ClN2O3/c1-20-15-7-4-13(17)8-12(15)9-21-14-5-2-11(3-6-14)16-19-18-10-22-16/h2-8,10H,9H2,1H3. The molecule has 0 saturated heterocycles. The number of nitrogens with zero attached hydrogens (tertiary/aromatic N) is 2. The second kappa shape index (κ2) is 6.49. The van der Waals surface area contributed by atoms with E-state index in [1.54, 1.807) is 13.2 Å². The third-order valence-electron chi connectivity index (χ3n) is 3.10. The van der Waals surface area contributed by atoms with E-state index in [9.17, 15) is 0 Å². The third-order valence-corrected chi connectivity index (χ3v) is 3.33. The van der Waals surface area contributed by atoms with Gasteiger partial charge in [-0.2, -0.15) is 0 Å². The molecule has 0 unspecified atom stereocenters. The summed E-state index contributed by atoms with van der Waals surface area (Å²) in [5.74, 6) is 1.94. The number of hydrogen-bond acceptors (Lipinski definition) is 5. The predicted octanol–water partition coefficient (Wildman–Crippen LogP) is 3.98. The molecule has 1 aromatic heterocycles. The van der Waals surface area contributed by atoms with E-state index in [0.29, 0.717) is 17.5 Å². The summed E-state index contributed by atoms with van der Waals surface area (Å²) >= 11 is 6.00. The molecule has 0 aliphatic rings. The molecule has 0 spiro atoms. The summed E-state index contributed by atoms with van der Waals surface area (Å²) in [6.07, 6.45) is 1.30. The van der Waals surface area contributed by atoms with Crippen LogP contribution in [0.25, 0.3) is 11.5 Å². The van der Waals surface area contributed by atoms with Crippen LogP contribution in [0, 0.1) is 0 Å². The Bertz CT molecular complexity index is 743. The minimum atomic E-state index is 0.365. The first-order chi connectivity index (χ1) is 10.8. The smallest absolute Gasteiger partial charge is 0.247 e. The summed E-state index contributed by atoms with van der Waals surface area (Å²) in [5.41, 5.74) is 1.72. The Balaban J connectivity index is 1.70. The first kappa shape index (κ1) is 14.4. The molecule has 0 atom stereocenters. The summed E-state index contributed by atoms with van der Waals surface area (Å²) in [7, 11) is 1.62. The molecule has 0 N–H and O–H groups in total. The molecule has 0 saturated carbocycles. The lowest BCUT2D eigenvalue weighted by molar-refractivity contribution is 0.296. The van der Waals surface area contributed by atoms with Crippen molar-refractivity contribution >= 4 is 11.6 Å². The lowest BCUT2D eigenvalue weighted by Gasteiger charge is -2.10. The quantitative estimate of drug-likeness (QED) is 0.712. The van der Waals surface area contributed by atoms with Crippen LogP contribution in [-0.4, -0.2) is 17.3 Å². The maximum atomic E-state index is 6.00. The van der Waals surface area contributed by atoms with Crippen molar-refractivity contribution < 1.29 is 13.9 Å². The van der Waals surface area contributed by atoms with Crippen LogP contribution < -0.4 is 9.47 Å². The normalized spacial score (nSPS) is 10.5. The molecular formula is C16H13ClN2O3. The Kier molecular flexibility index (Phi) is 4.25. The van der Waals surface area contributed by atoms with E-state index in [4.69, 9.17) is 25.5 Å². The molecular weight excluding hydrogens is 304 g/mol. The van der Waals surface area contributed by atoms with E-state index in [1.807, 2.05) is 36.4 Å². The average Bonchev–Trinajstić information content (AvgIpc) is 3.08. The van der Waals surface area contributed by atoms with E-state index in [1.165, 1.54) is 6.39 Å². The van der Waals surface area contributed by atoms with Gasteiger partial charge in [0.15, 0.2) is 0 Å². The molecule has 0 bridgehead atoms. The van der Waals surface area contributed by atoms with Crippen molar-refractivity contribution in [3.05, 3.63) is 59.4 Å². The Labute approximate surface area is 132 Å². The first-order valence-corrected chi connectivity index (χ1v) is 6.96. The SMILES string of the molecule is COc1ccc(Cl)cc1COc1ccc(-c2nnco2)cc1. The molecule has 3 rings (SSSR count). The molecule has 112 valence electrons. The van der Waals surface area contributed by atoms with Crippen LogP contribution in [0.4, 0.5) is 0 Å². The average molecular weight is 317 g/mol. The fourth-order valence-electron chi connectivity index (χ4n) is 2.01. The van der Waals surface area contributed by atoms with Gasteiger partial charge in [-0.25, -0.2) is 0 Å². The number of rotatable bonds is 5. The maximum absolute atomic E-state index is 6.00. The highest BCUT2D eigenvalue weighted by molar-refractivity contribution is 6.30. The second-order valence-corrected chi connectivity index (χ2v) is 4.95. The minimum absolute atomic E-state index is 0.365. The third kappa shape index (κ3) is 3.20. The Hall–Kier alpha value is -2.53. The minimum Gasteiger partial charge on any atom is -0.496 e. The van der Waals surface area contributed by atoms with Gasteiger partial charge in [0.1, 0.15) is 18.1 Å². The predicted molar refractivity (Wildman–Crippen MR) is 82.1 cm³/mol. The maximum Gasteiger partial charge on any atom is 0.247 e. The highest BCUT2D eigenvalue weighted by Crippen LogP contribution is 2.25. The largest absolute Gasteiger partial charge is 0.496 e. The Morgan fingerprint density at radius 2 is 1.95 bits per heavy atom. The van der Waals surface area contributed by atoms with Gasteiger partial charge in [-0.15, -0.1) is 10.2 Å². The Morgan fingerprint density at radius 3 is 2.64 bits per heavy atom. The van der Waals surface area contributed by atoms with Crippen molar-refractivity contribution in [1.82, 2.24) is 10.2 Å². The Morgan fingerprint density at radius 1 is 1.14 bits per heavy atom. The van der Waals surface area contributed by atoms with E-state index < -0.39 is 0 Å². The number of aromatic nitrogens is 2. The summed E-state index contributed by atoms with van der Waals surface area (Å²) in [6, 6.07) is 12.8. The molecule has 0 aliphatic heterocycles. The lowest BCUT2D eigenvalue weighted by atomic mass is 10.2. The van der Waals surface area contributed by atoms with Gasteiger partial charge in [-0.1, -0.05) is 11.6 Å². The van der Waals surface area contributed by atoms with Gasteiger partial charge in [0.25, 0.3) is 0 Å². The van der Waals surface area contributed by atoms with Gasteiger partial charge < -0.3 is 13.9 Å². The topological polar surface area (TPSA) is 57.4 Å². The van der Waals surface area contributed by atoms with Crippen molar-refractivity contribution in [2.75, 3.05) is 7.11 Å². The van der Waals surface area contributed by atoms with Gasteiger partial charge in [0.2, 0.25) is 12.3 Å². The summed E-state index contributed by atoms with van der Waals surface area (Å²) < 4.78 is 16.2. The van der Waals surface area contributed by atoms with E-state index in [2.05, 4.69) is 10.2 Å². The summed E-state index contributed by atoms with van der Waals surface area (Å²) in [5, 5.41) is 8.15. The van der Waals surface area contributed by atoms with Gasteiger partial charge in [0.05, 0.1) is 7.11 Å². The molecule has 0 amide bonds. The van der Waals surface area contributed by atoms with Crippen molar-refractivity contribution in [3.8, 4) is 23.0 Å². The van der Waals surface area contributed by atoms with Crippen LogP contribution in [0.3, 0.4) is 0 Å². The van der Waals surface area contributed by atoms with Crippen molar-refractivity contribution in [2.45, 2.75) is 6.61 Å². The first-order valence-electron chi connectivity index (χ1n) is 6.58. The van der Waals surface area contributed by atoms with Crippen molar-refractivity contribution in [1.29, 1.82) is 0 Å². The van der Waals surface area contributed by atoms with Crippen molar-refractivity contribution in [3.63, 3.8) is 0 Å². The van der Waals surface area contributed by atoms with Gasteiger partial charge in [0, 0.05) is 16.1 Å². The van der Waals surface area contributed by atoms with Gasteiger partial charge in [-0.05, 0) is 42.5 Å². The molecule has 6 heteroatoms.